The molecule has 2 saturated carbocycles. The monoisotopic (exact) mass is 480 g/mol. The number of hydrogen-bond donors (Lipinski definition) is 0. The van der Waals surface area contributed by atoms with Crippen molar-refractivity contribution in [1.29, 1.82) is 5.26 Å². The van der Waals surface area contributed by atoms with E-state index in [0.29, 0.717) is 31.7 Å². The topological polar surface area (TPSA) is 27.0 Å². The maximum atomic E-state index is 15.6. The van der Waals surface area contributed by atoms with E-state index in [2.05, 4.69) is 49.1 Å². The average Bonchev–Trinajstić information content (AvgIpc) is 2.84. The van der Waals surface area contributed by atoms with Gasteiger partial charge in [0.2, 0.25) is 0 Å². The first kappa shape index (κ1) is 27.3. The predicted octanol–water partition coefficient (Wildman–Crippen LogP) is 8.19. The highest BCUT2D eigenvalue weighted by Crippen LogP contribution is 2.51. The number of nitrogens with zero attached hydrogens (tertiary/aromatic N) is 2. The van der Waals surface area contributed by atoms with Gasteiger partial charge in [0.25, 0.3) is 0 Å². The number of nitriles is 1. The Morgan fingerprint density at radius 2 is 1.43 bits per heavy atom. The van der Waals surface area contributed by atoms with Crippen LogP contribution in [-0.4, -0.2) is 24.0 Å². The van der Waals surface area contributed by atoms with Crippen molar-refractivity contribution in [2.45, 2.75) is 102 Å². The first-order valence-electron chi connectivity index (χ1n) is 13.5. The van der Waals surface area contributed by atoms with Gasteiger partial charge in [-0.25, -0.2) is 8.78 Å². The lowest BCUT2D eigenvalue weighted by Crippen LogP contribution is -2.38. The summed E-state index contributed by atoms with van der Waals surface area (Å²) in [7, 11) is 0. The van der Waals surface area contributed by atoms with Crippen LogP contribution in [0.4, 0.5) is 8.78 Å². The van der Waals surface area contributed by atoms with Crippen LogP contribution < -0.4 is 0 Å². The summed E-state index contributed by atoms with van der Waals surface area (Å²) in [6.45, 7) is 7.92. The summed E-state index contributed by atoms with van der Waals surface area (Å²) in [6.07, 6.45) is 8.00. The second-order valence-electron chi connectivity index (χ2n) is 10.2. The second kappa shape index (κ2) is 12.6. The van der Waals surface area contributed by atoms with Crippen molar-refractivity contribution in [1.82, 2.24) is 4.90 Å². The molecular formula is C31H42F2N2. The molecule has 2 aliphatic carbocycles. The van der Waals surface area contributed by atoms with Crippen molar-refractivity contribution in [3.63, 3.8) is 0 Å². The summed E-state index contributed by atoms with van der Waals surface area (Å²) in [5.74, 6) is 0. The lowest BCUT2D eigenvalue weighted by atomic mass is 9.69. The van der Waals surface area contributed by atoms with E-state index in [9.17, 15) is 0 Å². The van der Waals surface area contributed by atoms with Crippen LogP contribution in [0.3, 0.4) is 0 Å². The van der Waals surface area contributed by atoms with Gasteiger partial charge in [-0.15, -0.1) is 0 Å². The number of halogens is 2. The second-order valence-corrected chi connectivity index (χ2v) is 10.2. The molecule has 4 rings (SSSR count). The van der Waals surface area contributed by atoms with Gasteiger partial charge < -0.3 is 4.90 Å². The Labute approximate surface area is 211 Å². The zero-order valence-corrected chi connectivity index (χ0v) is 21.8. The van der Waals surface area contributed by atoms with Crippen molar-refractivity contribution in [3.05, 3.63) is 70.8 Å². The molecule has 0 amide bonds. The molecule has 1 unspecified atom stereocenters. The quantitative estimate of drug-likeness (QED) is 0.324. The summed E-state index contributed by atoms with van der Waals surface area (Å²) >= 11 is 0. The molecule has 2 aliphatic rings. The fraction of sp³-hybridized carbons (Fsp3) is 0.581. The first-order valence-corrected chi connectivity index (χ1v) is 13.5. The van der Waals surface area contributed by atoms with Crippen molar-refractivity contribution in [3.8, 4) is 6.07 Å². The van der Waals surface area contributed by atoms with Gasteiger partial charge in [-0.1, -0.05) is 62.4 Å². The van der Waals surface area contributed by atoms with Gasteiger partial charge >= 0.3 is 0 Å². The molecule has 190 valence electrons. The SMILES string of the molecule is CC#N.CCC(CCc1c(C2(F)CCC2)cccc1C1(F)CCC1)N(CC)CCc1ccccc1. The van der Waals surface area contributed by atoms with Gasteiger partial charge in [-0.2, -0.15) is 5.26 Å². The normalized spacial score (nSPS) is 18.4. The summed E-state index contributed by atoms with van der Waals surface area (Å²) in [6, 6.07) is 18.6. The highest BCUT2D eigenvalue weighted by atomic mass is 19.1. The molecule has 1 atom stereocenters. The highest BCUT2D eigenvalue weighted by molar-refractivity contribution is 5.44. The van der Waals surface area contributed by atoms with Crippen LogP contribution in [0, 0.1) is 11.3 Å². The lowest BCUT2D eigenvalue weighted by molar-refractivity contribution is 0.0511. The largest absolute Gasteiger partial charge is 0.300 e. The Kier molecular flexibility index (Phi) is 9.87. The van der Waals surface area contributed by atoms with Gasteiger partial charge in [-0.05, 0) is 93.0 Å². The maximum absolute atomic E-state index is 15.6. The summed E-state index contributed by atoms with van der Waals surface area (Å²) < 4.78 is 31.2. The van der Waals surface area contributed by atoms with Gasteiger partial charge in [0.05, 0.1) is 6.07 Å². The number of hydrogen-bond acceptors (Lipinski definition) is 2. The Hall–Kier alpha value is -2.25. The van der Waals surface area contributed by atoms with Crippen LogP contribution in [0.2, 0.25) is 0 Å². The van der Waals surface area contributed by atoms with E-state index in [1.54, 1.807) is 6.07 Å². The maximum Gasteiger partial charge on any atom is 0.136 e. The van der Waals surface area contributed by atoms with Gasteiger partial charge in [0.15, 0.2) is 0 Å². The molecule has 0 saturated heterocycles. The van der Waals surface area contributed by atoms with Crippen molar-refractivity contribution < 1.29 is 8.78 Å². The molecule has 4 heteroatoms. The molecule has 0 N–H and O–H groups in total. The standard InChI is InChI=1S/C29H39F2N.C2H3N/c1-3-24(32(4-2)22-17-23-11-6-5-7-12-23)15-16-25-26(28(30)18-9-19-28)13-8-14-27(25)29(31)20-10-21-29;1-2-3/h5-8,11-14,24H,3-4,9-10,15-22H2,1-2H3;1H3. The molecule has 2 aromatic rings. The molecule has 2 fully saturated rings. The zero-order chi connectivity index (χ0) is 25.3. The first-order chi connectivity index (χ1) is 16.9. The van der Waals surface area contributed by atoms with E-state index in [4.69, 9.17) is 5.26 Å². The third-order valence-electron chi connectivity index (χ3n) is 8.09. The predicted molar refractivity (Wildman–Crippen MR) is 141 cm³/mol. The number of rotatable bonds is 11. The van der Waals surface area contributed by atoms with Crippen molar-refractivity contribution in [2.75, 3.05) is 13.1 Å². The number of likely N-dealkylation sites (N-methyl/N-ethyl adjacent to an activating group) is 1. The Balaban J connectivity index is 0.00000108. The Morgan fingerprint density at radius 1 is 0.886 bits per heavy atom. The van der Waals surface area contributed by atoms with Gasteiger partial charge in [-0.3, -0.25) is 0 Å². The van der Waals surface area contributed by atoms with E-state index < -0.39 is 11.3 Å². The van der Waals surface area contributed by atoms with Crippen LogP contribution in [0.1, 0.15) is 94.4 Å². The fourth-order valence-corrected chi connectivity index (χ4v) is 5.68. The minimum absolute atomic E-state index is 0.429. The minimum atomic E-state index is -1.25. The summed E-state index contributed by atoms with van der Waals surface area (Å²) in [4.78, 5) is 2.55. The van der Waals surface area contributed by atoms with Crippen LogP contribution in [0.5, 0.6) is 0 Å². The highest BCUT2D eigenvalue weighted by Gasteiger charge is 2.45. The third kappa shape index (κ3) is 6.50. The number of benzene rings is 2. The van der Waals surface area contributed by atoms with Crippen LogP contribution in [-0.2, 0) is 24.2 Å². The van der Waals surface area contributed by atoms with Crippen LogP contribution in [0.15, 0.2) is 48.5 Å². The van der Waals surface area contributed by atoms with Gasteiger partial charge in [0, 0.05) is 19.5 Å². The minimum Gasteiger partial charge on any atom is -0.300 e. The average molecular weight is 481 g/mol. The van der Waals surface area contributed by atoms with E-state index in [1.807, 2.05) is 18.2 Å². The number of alkyl halides is 2. The van der Waals surface area contributed by atoms with Crippen LogP contribution in [0.25, 0.3) is 0 Å². The van der Waals surface area contributed by atoms with E-state index in [-0.39, 0.29) is 0 Å². The third-order valence-corrected chi connectivity index (χ3v) is 8.09. The zero-order valence-electron chi connectivity index (χ0n) is 21.8. The summed E-state index contributed by atoms with van der Waals surface area (Å²) in [5.41, 5.74) is 1.42. The molecule has 0 spiro atoms. The molecule has 0 aromatic heterocycles. The molecule has 35 heavy (non-hydrogen) atoms. The summed E-state index contributed by atoms with van der Waals surface area (Å²) in [5, 5.41) is 7.32. The molecule has 2 aromatic carbocycles. The lowest BCUT2D eigenvalue weighted by Gasteiger charge is -2.41. The van der Waals surface area contributed by atoms with Gasteiger partial charge in [0.1, 0.15) is 11.3 Å². The Bertz CT molecular complexity index is 919. The molecule has 0 aliphatic heterocycles. The van der Waals surface area contributed by atoms with Crippen molar-refractivity contribution >= 4 is 0 Å². The molecule has 2 nitrogen and oxygen atoms in total. The molecular weight excluding hydrogens is 438 g/mol. The fourth-order valence-electron chi connectivity index (χ4n) is 5.68. The van der Waals surface area contributed by atoms with E-state index >= 15 is 8.78 Å². The molecule has 0 bridgehead atoms. The van der Waals surface area contributed by atoms with Crippen molar-refractivity contribution in [2.24, 2.45) is 0 Å². The molecule has 0 heterocycles. The Morgan fingerprint density at radius 3 is 1.86 bits per heavy atom. The smallest absolute Gasteiger partial charge is 0.136 e. The van der Waals surface area contributed by atoms with E-state index in [0.717, 1.165) is 68.3 Å². The van der Waals surface area contributed by atoms with E-state index in [1.165, 1.54) is 12.5 Å². The molecule has 0 radical (unpaired) electrons. The van der Waals surface area contributed by atoms with Crippen LogP contribution >= 0.6 is 0 Å².